The summed E-state index contributed by atoms with van der Waals surface area (Å²) in [7, 11) is 0. The van der Waals surface area contributed by atoms with E-state index in [-0.39, 0.29) is 11.3 Å². The first kappa shape index (κ1) is 16.4. The monoisotopic (exact) mass is 246 g/mol. The predicted octanol–water partition coefficient (Wildman–Crippen LogP) is 0.531. The molecule has 5 heteroatoms. The van der Waals surface area contributed by atoms with E-state index >= 15 is 0 Å². The molecular formula is C12H26N2O3. The summed E-state index contributed by atoms with van der Waals surface area (Å²) in [5, 5.41) is 2.85. The molecule has 0 saturated heterocycles. The molecule has 0 aromatic carbocycles. The van der Waals surface area contributed by atoms with Gasteiger partial charge in [-0.05, 0) is 6.42 Å². The Morgan fingerprint density at radius 3 is 2.29 bits per heavy atom. The van der Waals surface area contributed by atoms with Crippen molar-refractivity contribution in [3.8, 4) is 0 Å². The molecule has 17 heavy (non-hydrogen) atoms. The van der Waals surface area contributed by atoms with Crippen molar-refractivity contribution in [1.29, 1.82) is 0 Å². The molecule has 0 saturated carbocycles. The van der Waals surface area contributed by atoms with Gasteiger partial charge in [-0.25, -0.2) is 0 Å². The van der Waals surface area contributed by atoms with E-state index in [4.69, 9.17) is 15.2 Å². The van der Waals surface area contributed by atoms with Gasteiger partial charge >= 0.3 is 0 Å². The largest absolute Gasteiger partial charge is 0.378 e. The number of hydrogen-bond acceptors (Lipinski definition) is 4. The van der Waals surface area contributed by atoms with Crippen LogP contribution in [0.3, 0.4) is 0 Å². The van der Waals surface area contributed by atoms with Crippen LogP contribution < -0.4 is 11.1 Å². The van der Waals surface area contributed by atoms with Crippen LogP contribution in [0.1, 0.15) is 27.2 Å². The van der Waals surface area contributed by atoms with Crippen LogP contribution in [-0.2, 0) is 14.3 Å². The van der Waals surface area contributed by atoms with Gasteiger partial charge in [0, 0.05) is 18.5 Å². The van der Waals surface area contributed by atoms with Crippen molar-refractivity contribution in [2.75, 3.05) is 39.5 Å². The van der Waals surface area contributed by atoms with E-state index in [0.717, 1.165) is 6.42 Å². The highest BCUT2D eigenvalue weighted by Gasteiger charge is 2.24. The summed E-state index contributed by atoms with van der Waals surface area (Å²) in [5.74, 6) is 0.0722. The van der Waals surface area contributed by atoms with Crippen molar-refractivity contribution in [3.63, 3.8) is 0 Å². The molecule has 1 amide bonds. The Bertz CT molecular complexity index is 208. The van der Waals surface area contributed by atoms with Crippen molar-refractivity contribution in [3.05, 3.63) is 0 Å². The molecule has 0 aromatic heterocycles. The molecular weight excluding hydrogens is 220 g/mol. The molecule has 5 nitrogen and oxygen atoms in total. The quantitative estimate of drug-likeness (QED) is 0.551. The zero-order valence-electron chi connectivity index (χ0n) is 11.3. The van der Waals surface area contributed by atoms with Crippen molar-refractivity contribution in [1.82, 2.24) is 5.32 Å². The smallest absolute Gasteiger partial charge is 0.225 e. The minimum atomic E-state index is -0.301. The molecule has 0 aliphatic carbocycles. The fourth-order valence-electron chi connectivity index (χ4n) is 1.04. The zero-order valence-corrected chi connectivity index (χ0v) is 11.3. The summed E-state index contributed by atoms with van der Waals surface area (Å²) in [6.45, 7) is 9.10. The zero-order chi connectivity index (χ0) is 13.1. The van der Waals surface area contributed by atoms with E-state index in [2.05, 4.69) is 5.32 Å². The molecule has 0 heterocycles. The molecule has 0 rings (SSSR count). The second-order valence-electron chi connectivity index (χ2n) is 4.51. The third-order valence-corrected chi connectivity index (χ3v) is 2.66. The molecule has 0 aromatic rings. The predicted molar refractivity (Wildman–Crippen MR) is 67.8 cm³/mol. The Balaban J connectivity index is 3.37. The highest BCUT2D eigenvalue weighted by Crippen LogP contribution is 2.18. The SMILES string of the molecule is CCC(C)(C)C(=O)NCCOCCOCCN. The molecule has 0 unspecified atom stereocenters. The number of nitrogens with two attached hydrogens (primary N) is 1. The molecule has 102 valence electrons. The summed E-state index contributed by atoms with van der Waals surface area (Å²) >= 11 is 0. The third-order valence-electron chi connectivity index (χ3n) is 2.66. The van der Waals surface area contributed by atoms with Gasteiger partial charge < -0.3 is 20.5 Å². The van der Waals surface area contributed by atoms with Crippen LogP contribution in [0.25, 0.3) is 0 Å². The Morgan fingerprint density at radius 2 is 1.76 bits per heavy atom. The van der Waals surface area contributed by atoms with Crippen molar-refractivity contribution in [2.24, 2.45) is 11.1 Å². The summed E-state index contributed by atoms with van der Waals surface area (Å²) in [4.78, 5) is 11.7. The van der Waals surface area contributed by atoms with E-state index in [1.807, 2.05) is 20.8 Å². The van der Waals surface area contributed by atoms with Crippen LogP contribution in [0.2, 0.25) is 0 Å². The number of hydrogen-bond donors (Lipinski definition) is 2. The van der Waals surface area contributed by atoms with Crippen LogP contribution in [0, 0.1) is 5.41 Å². The lowest BCUT2D eigenvalue weighted by atomic mass is 9.89. The van der Waals surface area contributed by atoms with Gasteiger partial charge in [0.25, 0.3) is 0 Å². The number of amides is 1. The second-order valence-corrected chi connectivity index (χ2v) is 4.51. The maximum Gasteiger partial charge on any atom is 0.225 e. The summed E-state index contributed by atoms with van der Waals surface area (Å²) in [6, 6.07) is 0. The van der Waals surface area contributed by atoms with Crippen LogP contribution in [0.4, 0.5) is 0 Å². The van der Waals surface area contributed by atoms with E-state index < -0.39 is 0 Å². The first-order valence-corrected chi connectivity index (χ1v) is 6.18. The van der Waals surface area contributed by atoms with Gasteiger partial charge in [0.2, 0.25) is 5.91 Å². The minimum Gasteiger partial charge on any atom is -0.378 e. The molecule has 0 atom stereocenters. The second kappa shape index (κ2) is 9.39. The molecule has 0 aliphatic rings. The van der Waals surface area contributed by atoms with Crippen LogP contribution in [0.15, 0.2) is 0 Å². The summed E-state index contributed by atoms with van der Waals surface area (Å²) in [5.41, 5.74) is 4.96. The van der Waals surface area contributed by atoms with E-state index in [0.29, 0.717) is 39.5 Å². The van der Waals surface area contributed by atoms with Gasteiger partial charge in [-0.1, -0.05) is 20.8 Å². The van der Waals surface area contributed by atoms with Gasteiger partial charge in [-0.3, -0.25) is 4.79 Å². The van der Waals surface area contributed by atoms with Gasteiger partial charge in [0.15, 0.2) is 0 Å². The summed E-state index contributed by atoms with van der Waals surface area (Å²) < 4.78 is 10.4. The van der Waals surface area contributed by atoms with Crippen molar-refractivity contribution in [2.45, 2.75) is 27.2 Å². The molecule has 0 radical (unpaired) electrons. The summed E-state index contributed by atoms with van der Waals surface area (Å²) in [6.07, 6.45) is 0.826. The highest BCUT2D eigenvalue weighted by atomic mass is 16.5. The first-order valence-electron chi connectivity index (χ1n) is 6.18. The Labute approximate surface area is 104 Å². The number of rotatable bonds is 10. The molecule has 0 bridgehead atoms. The first-order chi connectivity index (χ1) is 8.04. The lowest BCUT2D eigenvalue weighted by Gasteiger charge is -2.21. The molecule has 0 spiro atoms. The number of nitrogens with one attached hydrogen (secondary N) is 1. The van der Waals surface area contributed by atoms with Gasteiger partial charge in [0.05, 0.1) is 26.4 Å². The number of ether oxygens (including phenoxy) is 2. The van der Waals surface area contributed by atoms with Crippen LogP contribution >= 0.6 is 0 Å². The van der Waals surface area contributed by atoms with Crippen molar-refractivity contribution >= 4 is 5.91 Å². The van der Waals surface area contributed by atoms with Crippen molar-refractivity contribution < 1.29 is 14.3 Å². The Hall–Kier alpha value is -0.650. The molecule has 3 N–H and O–H groups in total. The average molecular weight is 246 g/mol. The average Bonchev–Trinajstić information content (AvgIpc) is 2.32. The topological polar surface area (TPSA) is 73.6 Å². The third kappa shape index (κ3) is 8.12. The molecule has 0 aliphatic heterocycles. The van der Waals surface area contributed by atoms with Crippen LogP contribution in [0.5, 0.6) is 0 Å². The van der Waals surface area contributed by atoms with Gasteiger partial charge in [-0.15, -0.1) is 0 Å². The fourth-order valence-corrected chi connectivity index (χ4v) is 1.04. The Kier molecular flexibility index (Phi) is 9.03. The molecule has 0 fully saturated rings. The number of carbonyl (C=O) groups excluding carboxylic acids is 1. The van der Waals surface area contributed by atoms with E-state index in [1.165, 1.54) is 0 Å². The minimum absolute atomic E-state index is 0.0722. The number of carbonyl (C=O) groups is 1. The maximum absolute atomic E-state index is 11.7. The van der Waals surface area contributed by atoms with Gasteiger partial charge in [0.1, 0.15) is 0 Å². The van der Waals surface area contributed by atoms with E-state index in [1.54, 1.807) is 0 Å². The lowest BCUT2D eigenvalue weighted by Crippen LogP contribution is -2.38. The highest BCUT2D eigenvalue weighted by molar-refractivity contribution is 5.81. The maximum atomic E-state index is 11.7. The standard InChI is InChI=1S/C12H26N2O3/c1-4-12(2,3)11(15)14-6-8-17-10-9-16-7-5-13/h4-10,13H2,1-3H3,(H,14,15). The normalized spacial score (nSPS) is 11.5. The van der Waals surface area contributed by atoms with Crippen LogP contribution in [-0.4, -0.2) is 45.4 Å². The Morgan fingerprint density at radius 1 is 1.18 bits per heavy atom. The lowest BCUT2D eigenvalue weighted by molar-refractivity contribution is -0.129. The van der Waals surface area contributed by atoms with E-state index in [9.17, 15) is 4.79 Å². The fraction of sp³-hybridized carbons (Fsp3) is 0.917. The van der Waals surface area contributed by atoms with Gasteiger partial charge in [-0.2, -0.15) is 0 Å².